The SMILES string of the molecule is Cc1ncc(OCC(=O)N[C@H]2CC[C@H](CCN3CCc4nc(OCC(F)F)sc4CC3)CC2)cn1. The van der Waals surface area contributed by atoms with Gasteiger partial charge in [0.25, 0.3) is 17.5 Å². The number of alkyl halides is 2. The number of aryl methyl sites for hydroxylation is 1. The fraction of sp³-hybridized carbons (Fsp3) is 0.667. The minimum Gasteiger partial charge on any atom is -0.481 e. The van der Waals surface area contributed by atoms with Crippen LogP contribution >= 0.6 is 11.3 Å². The maximum Gasteiger partial charge on any atom is 0.273 e. The van der Waals surface area contributed by atoms with E-state index >= 15 is 0 Å². The van der Waals surface area contributed by atoms with Gasteiger partial charge in [0, 0.05) is 30.4 Å². The standard InChI is InChI=1S/C24H33F2N5O3S/c1-16-27-12-19(13-28-16)33-15-23(32)29-18-4-2-17(3-5-18)6-9-31-10-7-20-21(8-11-31)35-24(30-20)34-14-22(25)26/h12-13,17-18,22H,2-11,14-15H2,1H3,(H,29,32)/t17-,18-. The predicted molar refractivity (Wildman–Crippen MR) is 128 cm³/mol. The molecule has 0 atom stereocenters. The largest absolute Gasteiger partial charge is 0.481 e. The molecule has 2 aromatic rings. The first-order valence-electron chi connectivity index (χ1n) is 12.3. The highest BCUT2D eigenvalue weighted by Gasteiger charge is 2.24. The number of nitrogens with one attached hydrogen (secondary N) is 1. The van der Waals surface area contributed by atoms with Gasteiger partial charge in [0.2, 0.25) is 0 Å². The summed E-state index contributed by atoms with van der Waals surface area (Å²) in [6, 6.07) is 0.207. The van der Waals surface area contributed by atoms with Crippen LogP contribution in [0.2, 0.25) is 0 Å². The van der Waals surface area contributed by atoms with E-state index in [0.717, 1.165) is 75.2 Å². The van der Waals surface area contributed by atoms with Crippen molar-refractivity contribution in [2.45, 2.75) is 64.3 Å². The number of fused-ring (bicyclic) bond motifs is 1. The van der Waals surface area contributed by atoms with Crippen LogP contribution in [0.15, 0.2) is 12.4 Å². The Morgan fingerprint density at radius 1 is 1.17 bits per heavy atom. The average Bonchev–Trinajstić information content (AvgIpc) is 3.15. The number of hydrogen-bond donors (Lipinski definition) is 1. The zero-order valence-electron chi connectivity index (χ0n) is 20.0. The minimum atomic E-state index is -2.48. The van der Waals surface area contributed by atoms with Crippen LogP contribution in [0, 0.1) is 12.8 Å². The molecule has 2 aromatic heterocycles. The molecule has 1 fully saturated rings. The summed E-state index contributed by atoms with van der Waals surface area (Å²) in [5.41, 5.74) is 0.997. The molecule has 0 unspecified atom stereocenters. The molecule has 3 heterocycles. The first kappa shape index (κ1) is 25.7. The van der Waals surface area contributed by atoms with Crippen molar-refractivity contribution >= 4 is 17.2 Å². The molecule has 0 saturated heterocycles. The van der Waals surface area contributed by atoms with Crippen molar-refractivity contribution < 1.29 is 23.0 Å². The van der Waals surface area contributed by atoms with Gasteiger partial charge in [-0.25, -0.2) is 23.7 Å². The summed E-state index contributed by atoms with van der Waals surface area (Å²) in [4.78, 5) is 28.4. The highest BCUT2D eigenvalue weighted by molar-refractivity contribution is 7.13. The molecule has 0 aromatic carbocycles. The Labute approximate surface area is 208 Å². The molecule has 0 bridgehead atoms. The summed E-state index contributed by atoms with van der Waals surface area (Å²) in [5, 5.41) is 3.45. The summed E-state index contributed by atoms with van der Waals surface area (Å²) in [6.45, 7) is 4.12. The minimum absolute atomic E-state index is 0.0263. The Kier molecular flexibility index (Phi) is 9.19. The zero-order chi connectivity index (χ0) is 24.6. The smallest absolute Gasteiger partial charge is 0.273 e. The molecular formula is C24H33F2N5O3S. The van der Waals surface area contributed by atoms with Crippen LogP contribution in [0.1, 0.15) is 48.5 Å². The van der Waals surface area contributed by atoms with Crippen LogP contribution in [0.25, 0.3) is 0 Å². The highest BCUT2D eigenvalue weighted by Crippen LogP contribution is 2.30. The fourth-order valence-electron chi connectivity index (χ4n) is 4.64. The predicted octanol–water partition coefficient (Wildman–Crippen LogP) is 3.43. The maximum atomic E-state index is 12.4. The van der Waals surface area contributed by atoms with Crippen LogP contribution in [0.3, 0.4) is 0 Å². The van der Waals surface area contributed by atoms with Gasteiger partial charge < -0.3 is 19.7 Å². The van der Waals surface area contributed by atoms with E-state index in [0.29, 0.717) is 22.7 Å². The second kappa shape index (κ2) is 12.5. The Morgan fingerprint density at radius 3 is 2.66 bits per heavy atom. The summed E-state index contributed by atoms with van der Waals surface area (Å²) in [5.74, 6) is 1.72. The van der Waals surface area contributed by atoms with Gasteiger partial charge in [-0.15, -0.1) is 0 Å². The van der Waals surface area contributed by atoms with Crippen molar-refractivity contribution in [2.24, 2.45) is 5.92 Å². The van der Waals surface area contributed by atoms with Gasteiger partial charge in [-0.3, -0.25) is 4.79 Å². The van der Waals surface area contributed by atoms with Crippen LogP contribution < -0.4 is 14.8 Å². The van der Waals surface area contributed by atoms with E-state index in [1.165, 1.54) is 11.3 Å². The molecule has 11 heteroatoms. The summed E-state index contributed by atoms with van der Waals surface area (Å²) >= 11 is 1.40. The summed E-state index contributed by atoms with van der Waals surface area (Å²) in [6.07, 6.45) is 7.76. The first-order valence-corrected chi connectivity index (χ1v) is 13.1. The molecule has 1 N–H and O–H groups in total. The quantitative estimate of drug-likeness (QED) is 0.525. The van der Waals surface area contributed by atoms with Crippen LogP contribution in [-0.2, 0) is 17.6 Å². The van der Waals surface area contributed by atoms with Crippen molar-refractivity contribution in [3.63, 3.8) is 0 Å². The van der Waals surface area contributed by atoms with E-state index in [1.54, 1.807) is 19.3 Å². The molecular weight excluding hydrogens is 476 g/mol. The third kappa shape index (κ3) is 8.06. The van der Waals surface area contributed by atoms with Crippen LogP contribution in [-0.4, -0.2) is 71.1 Å². The normalized spacial score (nSPS) is 20.8. The number of halogens is 2. The number of thiazole rings is 1. The van der Waals surface area contributed by atoms with E-state index in [-0.39, 0.29) is 18.6 Å². The summed E-state index contributed by atoms with van der Waals surface area (Å²) in [7, 11) is 0. The third-order valence-electron chi connectivity index (χ3n) is 6.60. The van der Waals surface area contributed by atoms with Gasteiger partial charge in [0.15, 0.2) is 19.0 Å². The molecule has 1 amide bonds. The van der Waals surface area contributed by atoms with Crippen molar-refractivity contribution in [2.75, 3.05) is 32.8 Å². The van der Waals surface area contributed by atoms with Gasteiger partial charge >= 0.3 is 0 Å². The molecule has 1 saturated carbocycles. The van der Waals surface area contributed by atoms with Gasteiger partial charge in [0.1, 0.15) is 5.82 Å². The Morgan fingerprint density at radius 2 is 1.91 bits per heavy atom. The van der Waals surface area contributed by atoms with Crippen molar-refractivity contribution in [3.05, 3.63) is 28.8 Å². The Balaban J connectivity index is 1.10. The molecule has 2 aliphatic rings. The van der Waals surface area contributed by atoms with Gasteiger partial charge in [-0.1, -0.05) is 11.3 Å². The number of ether oxygens (including phenoxy) is 2. The van der Waals surface area contributed by atoms with Crippen LogP contribution in [0.4, 0.5) is 8.78 Å². The van der Waals surface area contributed by atoms with E-state index in [4.69, 9.17) is 9.47 Å². The Hall–Kier alpha value is -2.40. The molecule has 1 aliphatic carbocycles. The molecule has 4 rings (SSSR count). The fourth-order valence-corrected chi connectivity index (χ4v) is 5.59. The highest BCUT2D eigenvalue weighted by atomic mass is 32.1. The van der Waals surface area contributed by atoms with E-state index in [9.17, 15) is 13.6 Å². The van der Waals surface area contributed by atoms with Crippen LogP contribution in [0.5, 0.6) is 10.9 Å². The number of aromatic nitrogens is 3. The Bertz CT molecular complexity index is 926. The number of carbonyl (C=O) groups excluding carboxylic acids is 1. The van der Waals surface area contributed by atoms with Gasteiger partial charge in [-0.2, -0.15) is 0 Å². The average molecular weight is 510 g/mol. The second-order valence-corrected chi connectivity index (χ2v) is 10.3. The zero-order valence-corrected chi connectivity index (χ0v) is 20.9. The van der Waals surface area contributed by atoms with Crippen molar-refractivity contribution in [1.29, 1.82) is 0 Å². The number of carbonyl (C=O) groups is 1. The molecule has 35 heavy (non-hydrogen) atoms. The summed E-state index contributed by atoms with van der Waals surface area (Å²) < 4.78 is 35.3. The monoisotopic (exact) mass is 509 g/mol. The molecule has 0 radical (unpaired) electrons. The number of amides is 1. The molecule has 0 spiro atoms. The van der Waals surface area contributed by atoms with Gasteiger partial charge in [0.05, 0.1) is 18.1 Å². The number of rotatable bonds is 10. The maximum absolute atomic E-state index is 12.4. The van der Waals surface area contributed by atoms with Crippen molar-refractivity contribution in [1.82, 2.24) is 25.2 Å². The number of hydrogen-bond acceptors (Lipinski definition) is 8. The lowest BCUT2D eigenvalue weighted by Gasteiger charge is -2.30. The molecule has 8 nitrogen and oxygen atoms in total. The topological polar surface area (TPSA) is 89.5 Å². The van der Waals surface area contributed by atoms with Gasteiger partial charge in [-0.05, 0) is 57.9 Å². The van der Waals surface area contributed by atoms with Crippen molar-refractivity contribution in [3.8, 4) is 10.9 Å². The van der Waals surface area contributed by atoms with E-state index < -0.39 is 13.0 Å². The number of nitrogens with zero attached hydrogens (tertiary/aromatic N) is 4. The molecule has 192 valence electrons. The lowest BCUT2D eigenvalue weighted by atomic mass is 9.84. The lowest BCUT2D eigenvalue weighted by Crippen LogP contribution is -2.40. The first-order chi connectivity index (χ1) is 16.9. The molecule has 1 aliphatic heterocycles. The third-order valence-corrected chi connectivity index (χ3v) is 7.67. The second-order valence-electron chi connectivity index (χ2n) is 9.22. The lowest BCUT2D eigenvalue weighted by molar-refractivity contribution is -0.124. The van der Waals surface area contributed by atoms with E-state index in [2.05, 4.69) is 25.2 Å². The van der Waals surface area contributed by atoms with E-state index in [1.807, 2.05) is 0 Å².